The first-order valence-corrected chi connectivity index (χ1v) is 7.14. The van der Waals surface area contributed by atoms with Crippen molar-refractivity contribution in [3.8, 4) is 0 Å². The van der Waals surface area contributed by atoms with Crippen LogP contribution < -0.4 is 0 Å². The van der Waals surface area contributed by atoms with E-state index in [2.05, 4.69) is 32.1 Å². The summed E-state index contributed by atoms with van der Waals surface area (Å²) in [4.78, 5) is 12.0. The molecule has 0 heterocycles. The van der Waals surface area contributed by atoms with Crippen LogP contribution in [-0.2, 0) is 16.0 Å². The third kappa shape index (κ3) is 5.60. The minimum Gasteiger partial charge on any atom is -0.460 e. The molecule has 1 rings (SSSR count). The van der Waals surface area contributed by atoms with E-state index in [0.29, 0.717) is 0 Å². The quantitative estimate of drug-likeness (QED) is 0.590. The lowest BCUT2D eigenvalue weighted by Gasteiger charge is -2.22. The molecule has 0 saturated carbocycles. The summed E-state index contributed by atoms with van der Waals surface area (Å²) < 4.78 is 5.41. The van der Waals surface area contributed by atoms with Gasteiger partial charge in [0, 0.05) is 0 Å². The van der Waals surface area contributed by atoms with E-state index in [1.165, 1.54) is 11.1 Å². The van der Waals surface area contributed by atoms with E-state index in [4.69, 9.17) is 4.74 Å². The number of carbonyl (C=O) groups excluding carboxylic acids is 1. The molecule has 110 valence electrons. The molecule has 0 aliphatic heterocycles. The van der Waals surface area contributed by atoms with Crippen molar-refractivity contribution in [2.75, 3.05) is 0 Å². The van der Waals surface area contributed by atoms with Crippen LogP contribution in [0.5, 0.6) is 0 Å². The zero-order valence-electron chi connectivity index (χ0n) is 13.5. The predicted octanol–water partition coefficient (Wildman–Crippen LogP) is 4.64. The number of rotatable bonds is 4. The van der Waals surface area contributed by atoms with E-state index in [-0.39, 0.29) is 11.9 Å². The molecule has 0 amide bonds. The number of hydrogen-bond donors (Lipinski definition) is 0. The number of allylic oxidation sites excluding steroid dienone is 2. The fraction of sp³-hybridized carbons (Fsp3) is 0.500. The van der Waals surface area contributed by atoms with E-state index in [0.717, 1.165) is 12.0 Å². The van der Waals surface area contributed by atoms with E-state index in [9.17, 15) is 4.79 Å². The van der Waals surface area contributed by atoms with Gasteiger partial charge >= 0.3 is 5.97 Å². The summed E-state index contributed by atoms with van der Waals surface area (Å²) in [5.41, 5.74) is 3.14. The lowest BCUT2D eigenvalue weighted by Crippen LogP contribution is -2.26. The van der Waals surface area contributed by atoms with Gasteiger partial charge < -0.3 is 4.74 Å². The highest BCUT2D eigenvalue weighted by Gasteiger charge is 2.22. The van der Waals surface area contributed by atoms with Gasteiger partial charge in [-0.2, -0.15) is 0 Å². The van der Waals surface area contributed by atoms with Gasteiger partial charge in [0.05, 0.1) is 5.92 Å². The summed E-state index contributed by atoms with van der Waals surface area (Å²) in [5.74, 6) is -0.402. The molecule has 0 spiro atoms. The average Bonchev–Trinajstić information content (AvgIpc) is 2.34. The van der Waals surface area contributed by atoms with Crippen molar-refractivity contribution in [3.63, 3.8) is 0 Å². The van der Waals surface area contributed by atoms with Gasteiger partial charge in [-0.25, -0.2) is 0 Å². The third-order valence-corrected chi connectivity index (χ3v) is 2.99. The van der Waals surface area contributed by atoms with Gasteiger partial charge in [-0.3, -0.25) is 4.79 Å². The molecule has 0 N–H and O–H groups in total. The van der Waals surface area contributed by atoms with Gasteiger partial charge in [0.1, 0.15) is 5.60 Å². The second-order valence-electron chi connectivity index (χ2n) is 6.48. The molecule has 0 fully saturated rings. The molecule has 0 saturated heterocycles. The standard InChI is InChI=1S/C18H26O2/c1-13(2)7-8-15-9-11-16(12-10-15)14(3)17(19)20-18(4,5)6/h7,9-12,14H,8H2,1-6H3. The Morgan fingerprint density at radius 2 is 1.75 bits per heavy atom. The number of esters is 1. The molecule has 0 bridgehead atoms. The number of ether oxygens (including phenoxy) is 1. The van der Waals surface area contributed by atoms with Crippen LogP contribution in [0.25, 0.3) is 0 Å². The van der Waals surface area contributed by atoms with Gasteiger partial charge in [-0.15, -0.1) is 0 Å². The summed E-state index contributed by atoms with van der Waals surface area (Å²) in [6, 6.07) is 8.19. The van der Waals surface area contributed by atoms with Crippen molar-refractivity contribution in [2.45, 2.75) is 59.5 Å². The first-order chi connectivity index (χ1) is 9.19. The number of hydrogen-bond acceptors (Lipinski definition) is 2. The van der Waals surface area contributed by atoms with Crippen LogP contribution >= 0.6 is 0 Å². The van der Waals surface area contributed by atoms with Crippen molar-refractivity contribution < 1.29 is 9.53 Å². The zero-order valence-corrected chi connectivity index (χ0v) is 13.5. The minimum atomic E-state index is -0.436. The van der Waals surface area contributed by atoms with Crippen LogP contribution in [-0.4, -0.2) is 11.6 Å². The van der Waals surface area contributed by atoms with E-state index >= 15 is 0 Å². The third-order valence-electron chi connectivity index (χ3n) is 2.99. The van der Waals surface area contributed by atoms with Crippen LogP contribution in [0.1, 0.15) is 58.6 Å². The first-order valence-electron chi connectivity index (χ1n) is 7.14. The van der Waals surface area contributed by atoms with Crippen molar-refractivity contribution in [1.82, 2.24) is 0 Å². The van der Waals surface area contributed by atoms with Crippen molar-refractivity contribution in [3.05, 3.63) is 47.0 Å². The Balaban J connectivity index is 2.73. The molecule has 1 aromatic rings. The molecular weight excluding hydrogens is 248 g/mol. The van der Waals surface area contributed by atoms with Gasteiger partial charge in [-0.1, -0.05) is 35.9 Å². The average molecular weight is 274 g/mol. The molecule has 0 aliphatic rings. The highest BCUT2D eigenvalue weighted by atomic mass is 16.6. The van der Waals surface area contributed by atoms with Crippen molar-refractivity contribution in [1.29, 1.82) is 0 Å². The highest BCUT2D eigenvalue weighted by Crippen LogP contribution is 2.21. The van der Waals surface area contributed by atoms with Gasteiger partial charge in [0.15, 0.2) is 0 Å². The normalized spacial score (nSPS) is 12.7. The Morgan fingerprint density at radius 3 is 2.20 bits per heavy atom. The maximum absolute atomic E-state index is 12.0. The van der Waals surface area contributed by atoms with Crippen LogP contribution in [0.4, 0.5) is 0 Å². The molecular formula is C18H26O2. The molecule has 20 heavy (non-hydrogen) atoms. The SMILES string of the molecule is CC(C)=CCc1ccc(C(C)C(=O)OC(C)(C)C)cc1. The lowest BCUT2D eigenvalue weighted by molar-refractivity contribution is -0.156. The summed E-state index contributed by atoms with van der Waals surface area (Å²) in [5, 5.41) is 0. The maximum Gasteiger partial charge on any atom is 0.313 e. The summed E-state index contributed by atoms with van der Waals surface area (Å²) >= 11 is 0. The Morgan fingerprint density at radius 1 is 1.20 bits per heavy atom. The summed E-state index contributed by atoms with van der Waals surface area (Å²) in [6.45, 7) is 11.7. The van der Waals surface area contributed by atoms with Crippen LogP contribution in [0.3, 0.4) is 0 Å². The molecule has 0 aliphatic carbocycles. The lowest BCUT2D eigenvalue weighted by atomic mass is 9.98. The Kier molecular flexibility index (Phi) is 5.55. The minimum absolute atomic E-state index is 0.172. The number of carbonyl (C=O) groups is 1. The molecule has 1 aromatic carbocycles. The molecule has 1 unspecified atom stereocenters. The highest BCUT2D eigenvalue weighted by molar-refractivity contribution is 5.78. The summed E-state index contributed by atoms with van der Waals surface area (Å²) in [6.07, 6.45) is 3.13. The number of benzene rings is 1. The van der Waals surface area contributed by atoms with E-state index in [1.54, 1.807) is 0 Å². The van der Waals surface area contributed by atoms with Crippen LogP contribution in [0.15, 0.2) is 35.9 Å². The fourth-order valence-electron chi connectivity index (χ4n) is 1.79. The Labute approximate surface area is 122 Å². The molecule has 2 heteroatoms. The van der Waals surface area contributed by atoms with E-state index in [1.807, 2.05) is 39.8 Å². The van der Waals surface area contributed by atoms with Gasteiger partial charge in [-0.05, 0) is 59.1 Å². The Bertz CT molecular complexity index is 471. The smallest absolute Gasteiger partial charge is 0.313 e. The Hall–Kier alpha value is -1.57. The van der Waals surface area contributed by atoms with Crippen molar-refractivity contribution >= 4 is 5.97 Å². The predicted molar refractivity (Wildman–Crippen MR) is 83.8 cm³/mol. The molecule has 1 atom stereocenters. The van der Waals surface area contributed by atoms with Gasteiger partial charge in [0.25, 0.3) is 0 Å². The fourth-order valence-corrected chi connectivity index (χ4v) is 1.79. The summed E-state index contributed by atoms with van der Waals surface area (Å²) in [7, 11) is 0. The molecule has 0 radical (unpaired) electrons. The largest absolute Gasteiger partial charge is 0.460 e. The molecule has 0 aromatic heterocycles. The molecule has 2 nitrogen and oxygen atoms in total. The van der Waals surface area contributed by atoms with Crippen LogP contribution in [0, 0.1) is 0 Å². The van der Waals surface area contributed by atoms with Crippen molar-refractivity contribution in [2.24, 2.45) is 0 Å². The first kappa shape index (κ1) is 16.5. The zero-order chi connectivity index (χ0) is 15.3. The van der Waals surface area contributed by atoms with E-state index < -0.39 is 5.60 Å². The maximum atomic E-state index is 12.0. The monoisotopic (exact) mass is 274 g/mol. The van der Waals surface area contributed by atoms with Gasteiger partial charge in [0.2, 0.25) is 0 Å². The second kappa shape index (κ2) is 6.74. The topological polar surface area (TPSA) is 26.3 Å². The van der Waals surface area contributed by atoms with Crippen LogP contribution in [0.2, 0.25) is 0 Å². The second-order valence-corrected chi connectivity index (χ2v) is 6.48.